The Kier molecular flexibility index (Phi) is 5.36. The number of nitrogens with one attached hydrogen (secondary N) is 1. The molecule has 1 amide bonds. The fourth-order valence-corrected chi connectivity index (χ4v) is 1.83. The summed E-state index contributed by atoms with van der Waals surface area (Å²) in [5.74, 6) is -0.0661. The molecule has 0 aliphatic heterocycles. The van der Waals surface area contributed by atoms with Crippen molar-refractivity contribution in [1.82, 2.24) is 0 Å². The minimum absolute atomic E-state index is 0.0526. The van der Waals surface area contributed by atoms with Crippen molar-refractivity contribution < 1.29 is 18.7 Å². The van der Waals surface area contributed by atoms with E-state index in [-0.39, 0.29) is 11.7 Å². The zero-order valence-corrected chi connectivity index (χ0v) is 12.5. The standard InChI is InChI=1S/C17H18FNO3/c1-3-21-14-10-8-13(9-11-14)19-17(20)12(2)22-16-7-5-4-6-15(16)18/h4-12H,3H2,1-2H3,(H,19,20). The molecule has 0 fully saturated rings. The molecular formula is C17H18FNO3. The van der Waals surface area contributed by atoms with Gasteiger partial charge in [-0.2, -0.15) is 0 Å². The smallest absolute Gasteiger partial charge is 0.265 e. The van der Waals surface area contributed by atoms with Gasteiger partial charge in [-0.25, -0.2) is 4.39 Å². The van der Waals surface area contributed by atoms with E-state index in [0.717, 1.165) is 5.75 Å². The van der Waals surface area contributed by atoms with Crippen LogP contribution in [0.4, 0.5) is 10.1 Å². The number of benzene rings is 2. The monoisotopic (exact) mass is 303 g/mol. The fraction of sp³-hybridized carbons (Fsp3) is 0.235. The minimum atomic E-state index is -0.816. The van der Waals surface area contributed by atoms with Gasteiger partial charge in [0.15, 0.2) is 17.7 Å². The van der Waals surface area contributed by atoms with Gasteiger partial charge >= 0.3 is 0 Å². The van der Waals surface area contributed by atoms with Crippen LogP contribution in [0.2, 0.25) is 0 Å². The number of para-hydroxylation sites is 1. The average Bonchev–Trinajstić information content (AvgIpc) is 2.51. The van der Waals surface area contributed by atoms with E-state index in [0.29, 0.717) is 12.3 Å². The third-order valence-electron chi connectivity index (χ3n) is 2.94. The van der Waals surface area contributed by atoms with E-state index in [1.807, 2.05) is 6.92 Å². The lowest BCUT2D eigenvalue weighted by Gasteiger charge is -2.15. The third-order valence-corrected chi connectivity index (χ3v) is 2.94. The second-order valence-electron chi connectivity index (χ2n) is 4.64. The Balaban J connectivity index is 1.95. The van der Waals surface area contributed by atoms with Crippen molar-refractivity contribution in [2.75, 3.05) is 11.9 Å². The molecule has 5 heteroatoms. The summed E-state index contributed by atoms with van der Waals surface area (Å²) in [6, 6.07) is 13.0. The molecule has 116 valence electrons. The van der Waals surface area contributed by atoms with E-state index >= 15 is 0 Å². The molecule has 2 aromatic carbocycles. The van der Waals surface area contributed by atoms with Crippen molar-refractivity contribution in [2.45, 2.75) is 20.0 Å². The highest BCUT2D eigenvalue weighted by molar-refractivity contribution is 5.94. The van der Waals surface area contributed by atoms with Crippen LogP contribution in [0.3, 0.4) is 0 Å². The van der Waals surface area contributed by atoms with Crippen molar-refractivity contribution in [3.63, 3.8) is 0 Å². The maximum absolute atomic E-state index is 13.5. The zero-order valence-electron chi connectivity index (χ0n) is 12.5. The first kappa shape index (κ1) is 15.8. The lowest BCUT2D eigenvalue weighted by atomic mass is 10.2. The van der Waals surface area contributed by atoms with E-state index in [4.69, 9.17) is 9.47 Å². The summed E-state index contributed by atoms with van der Waals surface area (Å²) in [6.45, 7) is 4.05. The molecule has 1 N–H and O–H groups in total. The number of hydrogen-bond donors (Lipinski definition) is 1. The molecule has 0 spiro atoms. The highest BCUT2D eigenvalue weighted by atomic mass is 19.1. The molecule has 0 heterocycles. The molecular weight excluding hydrogens is 285 g/mol. The second-order valence-corrected chi connectivity index (χ2v) is 4.64. The summed E-state index contributed by atoms with van der Waals surface area (Å²) in [7, 11) is 0. The number of carbonyl (C=O) groups is 1. The maximum Gasteiger partial charge on any atom is 0.265 e. The van der Waals surface area contributed by atoms with Crippen molar-refractivity contribution in [2.24, 2.45) is 0 Å². The van der Waals surface area contributed by atoms with Crippen molar-refractivity contribution >= 4 is 11.6 Å². The van der Waals surface area contributed by atoms with E-state index < -0.39 is 11.9 Å². The number of halogens is 1. The largest absolute Gasteiger partial charge is 0.494 e. The van der Waals surface area contributed by atoms with Gasteiger partial charge in [0.05, 0.1) is 6.61 Å². The van der Waals surface area contributed by atoms with Crippen molar-refractivity contribution in [3.05, 3.63) is 54.3 Å². The van der Waals surface area contributed by atoms with Gasteiger partial charge in [0.1, 0.15) is 5.75 Å². The van der Waals surface area contributed by atoms with Crippen LogP contribution in [0.15, 0.2) is 48.5 Å². The van der Waals surface area contributed by atoms with Crippen LogP contribution < -0.4 is 14.8 Å². The molecule has 22 heavy (non-hydrogen) atoms. The number of anilines is 1. The highest BCUT2D eigenvalue weighted by Crippen LogP contribution is 2.19. The Morgan fingerprint density at radius 1 is 1.18 bits per heavy atom. The number of ether oxygens (including phenoxy) is 2. The molecule has 0 radical (unpaired) electrons. The minimum Gasteiger partial charge on any atom is -0.494 e. The first-order chi connectivity index (χ1) is 10.6. The third kappa shape index (κ3) is 4.22. The maximum atomic E-state index is 13.5. The molecule has 1 atom stereocenters. The van der Waals surface area contributed by atoms with Crippen molar-refractivity contribution in [3.8, 4) is 11.5 Å². The van der Waals surface area contributed by atoms with Gasteiger partial charge in [0.25, 0.3) is 5.91 Å². The summed E-state index contributed by atoms with van der Waals surface area (Å²) in [4.78, 5) is 12.0. The Morgan fingerprint density at radius 3 is 2.50 bits per heavy atom. The van der Waals surface area contributed by atoms with Crippen LogP contribution in [0.5, 0.6) is 11.5 Å². The van der Waals surface area contributed by atoms with Crippen LogP contribution in [-0.4, -0.2) is 18.6 Å². The Bertz CT molecular complexity index is 628. The topological polar surface area (TPSA) is 47.6 Å². The first-order valence-corrected chi connectivity index (χ1v) is 7.05. The Labute approximate surface area is 128 Å². The number of rotatable bonds is 6. The van der Waals surface area contributed by atoms with Gasteiger partial charge in [0, 0.05) is 5.69 Å². The van der Waals surface area contributed by atoms with Gasteiger partial charge in [0.2, 0.25) is 0 Å². The quantitative estimate of drug-likeness (QED) is 0.886. The molecule has 2 aromatic rings. The number of carbonyl (C=O) groups excluding carboxylic acids is 1. The molecule has 0 aliphatic carbocycles. The van der Waals surface area contributed by atoms with Gasteiger partial charge < -0.3 is 14.8 Å². The molecule has 0 aromatic heterocycles. The lowest BCUT2D eigenvalue weighted by Crippen LogP contribution is -2.30. The molecule has 0 bridgehead atoms. The molecule has 4 nitrogen and oxygen atoms in total. The SMILES string of the molecule is CCOc1ccc(NC(=O)C(C)Oc2ccccc2F)cc1. The molecule has 1 unspecified atom stereocenters. The molecule has 0 saturated carbocycles. The van der Waals surface area contributed by atoms with Gasteiger partial charge in [-0.15, -0.1) is 0 Å². The average molecular weight is 303 g/mol. The van der Waals surface area contributed by atoms with Crippen LogP contribution in [0, 0.1) is 5.82 Å². The van der Waals surface area contributed by atoms with Gasteiger partial charge in [-0.1, -0.05) is 12.1 Å². The normalized spacial score (nSPS) is 11.6. The Hall–Kier alpha value is -2.56. The lowest BCUT2D eigenvalue weighted by molar-refractivity contribution is -0.122. The summed E-state index contributed by atoms with van der Waals surface area (Å²) < 4.78 is 24.1. The van der Waals surface area contributed by atoms with Crippen molar-refractivity contribution in [1.29, 1.82) is 0 Å². The van der Waals surface area contributed by atoms with Crippen LogP contribution >= 0.6 is 0 Å². The van der Waals surface area contributed by atoms with E-state index in [1.54, 1.807) is 43.3 Å². The zero-order chi connectivity index (χ0) is 15.9. The second kappa shape index (κ2) is 7.45. The molecule has 0 aliphatic rings. The van der Waals surface area contributed by atoms with E-state index in [1.165, 1.54) is 12.1 Å². The van der Waals surface area contributed by atoms with E-state index in [2.05, 4.69) is 5.32 Å². The predicted octanol–water partition coefficient (Wildman–Crippen LogP) is 3.63. The first-order valence-electron chi connectivity index (χ1n) is 7.05. The summed E-state index contributed by atoms with van der Waals surface area (Å²) >= 11 is 0. The highest BCUT2D eigenvalue weighted by Gasteiger charge is 2.16. The Morgan fingerprint density at radius 2 is 1.86 bits per heavy atom. The van der Waals surface area contributed by atoms with Crippen LogP contribution in [-0.2, 0) is 4.79 Å². The summed E-state index contributed by atoms with van der Waals surface area (Å²) in [5, 5.41) is 2.71. The summed E-state index contributed by atoms with van der Waals surface area (Å²) in [6.07, 6.45) is -0.816. The number of hydrogen-bond acceptors (Lipinski definition) is 3. The molecule has 2 rings (SSSR count). The van der Waals surface area contributed by atoms with E-state index in [9.17, 15) is 9.18 Å². The van der Waals surface area contributed by atoms with Gasteiger partial charge in [-0.3, -0.25) is 4.79 Å². The van der Waals surface area contributed by atoms with Crippen LogP contribution in [0.1, 0.15) is 13.8 Å². The number of amides is 1. The predicted molar refractivity (Wildman–Crippen MR) is 82.7 cm³/mol. The fourth-order valence-electron chi connectivity index (χ4n) is 1.83. The van der Waals surface area contributed by atoms with Crippen LogP contribution in [0.25, 0.3) is 0 Å². The summed E-state index contributed by atoms with van der Waals surface area (Å²) in [5.41, 5.74) is 0.623. The van der Waals surface area contributed by atoms with Gasteiger partial charge in [-0.05, 0) is 50.2 Å². The molecule has 0 saturated heterocycles.